The smallest absolute Gasteiger partial charge is 0.231 e. The van der Waals surface area contributed by atoms with Gasteiger partial charge in [-0.05, 0) is 12.1 Å². The molecule has 2 aromatic carbocycles. The van der Waals surface area contributed by atoms with Crippen molar-refractivity contribution >= 4 is 0 Å². The van der Waals surface area contributed by atoms with E-state index in [4.69, 9.17) is 9.47 Å². The molecule has 25 heavy (non-hydrogen) atoms. The lowest BCUT2D eigenvalue weighted by Gasteiger charge is -2.34. The first-order valence-electron chi connectivity index (χ1n) is 8.48. The topological polar surface area (TPSA) is 45.2 Å². The van der Waals surface area contributed by atoms with Crippen LogP contribution in [0.3, 0.4) is 0 Å². The lowest BCUT2D eigenvalue weighted by Crippen LogP contribution is -2.45. The quantitative estimate of drug-likeness (QED) is 0.924. The lowest BCUT2D eigenvalue weighted by molar-refractivity contribution is 0.120. The predicted molar refractivity (Wildman–Crippen MR) is 91.2 cm³/mol. The molecule has 2 aromatic rings. The molecule has 0 aromatic heterocycles. The van der Waals surface area contributed by atoms with Gasteiger partial charge < -0.3 is 14.6 Å². The highest BCUT2D eigenvalue weighted by atomic mass is 19.1. The average Bonchev–Trinajstić information content (AvgIpc) is 3.06. The minimum atomic E-state index is -0.143. The second kappa shape index (κ2) is 6.90. The van der Waals surface area contributed by atoms with E-state index in [9.17, 15) is 9.50 Å². The fraction of sp³-hybridized carbons (Fsp3) is 0.368. The molecule has 5 nitrogen and oxygen atoms in total. The number of ether oxygens (including phenoxy) is 2. The van der Waals surface area contributed by atoms with Crippen molar-refractivity contribution in [3.8, 4) is 17.2 Å². The van der Waals surface area contributed by atoms with Crippen molar-refractivity contribution < 1.29 is 19.0 Å². The van der Waals surface area contributed by atoms with E-state index in [0.717, 1.165) is 37.3 Å². The number of phenolic OH excluding ortho intramolecular Hbond substituents is 1. The number of hydrogen-bond donors (Lipinski definition) is 1. The Morgan fingerprint density at radius 3 is 2.16 bits per heavy atom. The maximum absolute atomic E-state index is 13.8. The number of fused-ring (bicyclic) bond motifs is 1. The van der Waals surface area contributed by atoms with Crippen molar-refractivity contribution in [1.29, 1.82) is 0 Å². The summed E-state index contributed by atoms with van der Waals surface area (Å²) in [6.07, 6.45) is 0. The highest BCUT2D eigenvalue weighted by molar-refractivity contribution is 5.51. The normalized spacial score (nSPS) is 17.8. The molecule has 2 heterocycles. The van der Waals surface area contributed by atoms with Crippen molar-refractivity contribution in [3.05, 3.63) is 53.3 Å². The Morgan fingerprint density at radius 2 is 1.48 bits per heavy atom. The van der Waals surface area contributed by atoms with E-state index in [1.54, 1.807) is 12.1 Å². The van der Waals surface area contributed by atoms with E-state index in [2.05, 4.69) is 9.80 Å². The number of hydrogen-bond acceptors (Lipinski definition) is 5. The van der Waals surface area contributed by atoms with Crippen LogP contribution in [0.5, 0.6) is 17.2 Å². The predicted octanol–water partition coefficient (Wildman–Crippen LogP) is 2.58. The van der Waals surface area contributed by atoms with Gasteiger partial charge in [-0.1, -0.05) is 18.2 Å². The minimum absolute atomic E-state index is 0.143. The van der Waals surface area contributed by atoms with Crippen molar-refractivity contribution in [2.75, 3.05) is 33.0 Å². The number of phenols is 1. The van der Waals surface area contributed by atoms with Crippen molar-refractivity contribution in [1.82, 2.24) is 9.80 Å². The van der Waals surface area contributed by atoms with Crippen LogP contribution in [0.25, 0.3) is 0 Å². The second-order valence-electron chi connectivity index (χ2n) is 6.48. The van der Waals surface area contributed by atoms with E-state index < -0.39 is 0 Å². The third-order valence-corrected chi connectivity index (χ3v) is 4.78. The Balaban J connectivity index is 1.34. The molecule has 4 rings (SSSR count). The van der Waals surface area contributed by atoms with Crippen molar-refractivity contribution in [2.24, 2.45) is 0 Å². The molecule has 1 saturated heterocycles. The molecule has 1 N–H and O–H groups in total. The van der Waals surface area contributed by atoms with Crippen LogP contribution < -0.4 is 9.47 Å². The summed E-state index contributed by atoms with van der Waals surface area (Å²) < 4.78 is 24.4. The van der Waals surface area contributed by atoms with Gasteiger partial charge in [0.05, 0.1) is 0 Å². The molecule has 132 valence electrons. The summed E-state index contributed by atoms with van der Waals surface area (Å²) in [5.74, 6) is 1.37. The molecule has 2 aliphatic rings. The van der Waals surface area contributed by atoms with Crippen LogP contribution in [0.1, 0.15) is 11.1 Å². The highest BCUT2D eigenvalue weighted by Crippen LogP contribution is 2.38. The standard InChI is InChI=1S/C19H21FN2O3/c20-16-4-2-1-3-14(16)11-21-5-7-22(8-6-21)12-15-9-18-19(10-17(15)23)25-13-24-18/h1-4,9-10,23H,5-8,11-13H2. The van der Waals surface area contributed by atoms with Crippen LogP contribution in [0, 0.1) is 5.82 Å². The van der Waals surface area contributed by atoms with Crippen LogP contribution in [0.4, 0.5) is 4.39 Å². The van der Waals surface area contributed by atoms with Crippen molar-refractivity contribution in [2.45, 2.75) is 13.1 Å². The summed E-state index contributed by atoms with van der Waals surface area (Å²) in [5.41, 5.74) is 1.58. The van der Waals surface area contributed by atoms with Gasteiger partial charge in [0.1, 0.15) is 11.6 Å². The maximum atomic E-state index is 13.8. The first-order valence-corrected chi connectivity index (χ1v) is 8.48. The zero-order valence-electron chi connectivity index (χ0n) is 13.9. The monoisotopic (exact) mass is 344 g/mol. The fourth-order valence-corrected chi connectivity index (χ4v) is 3.31. The van der Waals surface area contributed by atoms with Gasteiger partial charge in [-0.15, -0.1) is 0 Å². The molecule has 2 aliphatic heterocycles. The van der Waals surface area contributed by atoms with Crippen LogP contribution in [-0.4, -0.2) is 47.9 Å². The highest BCUT2D eigenvalue weighted by Gasteiger charge is 2.21. The van der Waals surface area contributed by atoms with Gasteiger partial charge in [0.25, 0.3) is 0 Å². The van der Waals surface area contributed by atoms with Crippen molar-refractivity contribution in [3.63, 3.8) is 0 Å². The van der Waals surface area contributed by atoms with E-state index in [1.165, 1.54) is 6.07 Å². The number of aromatic hydroxyl groups is 1. The Hall–Kier alpha value is -2.31. The largest absolute Gasteiger partial charge is 0.507 e. The Labute approximate surface area is 146 Å². The van der Waals surface area contributed by atoms with Gasteiger partial charge >= 0.3 is 0 Å². The Morgan fingerprint density at radius 1 is 0.880 bits per heavy atom. The lowest BCUT2D eigenvalue weighted by atomic mass is 10.1. The molecule has 0 amide bonds. The van der Waals surface area contributed by atoms with Gasteiger partial charge in [-0.2, -0.15) is 0 Å². The molecule has 6 heteroatoms. The summed E-state index contributed by atoms with van der Waals surface area (Å²) >= 11 is 0. The van der Waals surface area contributed by atoms with Crippen LogP contribution >= 0.6 is 0 Å². The SMILES string of the molecule is Oc1cc2c(cc1CN1CCN(Cc3ccccc3F)CC1)OCO2. The molecule has 0 radical (unpaired) electrons. The van der Waals surface area contributed by atoms with Gasteiger partial charge in [0.2, 0.25) is 6.79 Å². The van der Waals surface area contributed by atoms with Gasteiger partial charge in [0, 0.05) is 56.5 Å². The summed E-state index contributed by atoms with van der Waals surface area (Å²) in [6.45, 7) is 5.00. The molecule has 0 bridgehead atoms. The first-order chi connectivity index (χ1) is 12.2. The number of halogens is 1. The van der Waals surface area contributed by atoms with Gasteiger partial charge in [-0.3, -0.25) is 9.80 Å². The summed E-state index contributed by atoms with van der Waals surface area (Å²) in [6, 6.07) is 10.4. The zero-order chi connectivity index (χ0) is 17.2. The van der Waals surface area contributed by atoms with Gasteiger partial charge in [0.15, 0.2) is 11.5 Å². The Bertz CT molecular complexity index is 760. The first kappa shape index (κ1) is 16.2. The summed E-state index contributed by atoms with van der Waals surface area (Å²) in [7, 11) is 0. The maximum Gasteiger partial charge on any atom is 0.231 e. The molecule has 1 fully saturated rings. The third-order valence-electron chi connectivity index (χ3n) is 4.78. The van der Waals surface area contributed by atoms with Gasteiger partial charge in [-0.25, -0.2) is 4.39 Å². The molecule has 0 saturated carbocycles. The van der Waals surface area contributed by atoms with Crippen LogP contribution in [-0.2, 0) is 13.1 Å². The van der Waals surface area contributed by atoms with Crippen LogP contribution in [0.2, 0.25) is 0 Å². The number of piperazine rings is 1. The molecule has 0 spiro atoms. The van der Waals surface area contributed by atoms with E-state index >= 15 is 0 Å². The molecule has 0 aliphatic carbocycles. The number of benzene rings is 2. The number of rotatable bonds is 4. The molecule has 0 atom stereocenters. The van der Waals surface area contributed by atoms with E-state index in [0.29, 0.717) is 24.6 Å². The molecule has 0 unspecified atom stereocenters. The molecular weight excluding hydrogens is 323 g/mol. The van der Waals surface area contributed by atoms with Crippen LogP contribution in [0.15, 0.2) is 36.4 Å². The number of nitrogens with zero attached hydrogens (tertiary/aromatic N) is 2. The third kappa shape index (κ3) is 3.55. The summed E-state index contributed by atoms with van der Waals surface area (Å²) in [4.78, 5) is 4.55. The minimum Gasteiger partial charge on any atom is -0.507 e. The molecular formula is C19H21FN2O3. The Kier molecular flexibility index (Phi) is 4.46. The average molecular weight is 344 g/mol. The zero-order valence-corrected chi connectivity index (χ0v) is 13.9. The fourth-order valence-electron chi connectivity index (χ4n) is 3.31. The summed E-state index contributed by atoms with van der Waals surface area (Å²) in [5, 5.41) is 10.2. The van der Waals surface area contributed by atoms with E-state index in [1.807, 2.05) is 18.2 Å². The van der Waals surface area contributed by atoms with E-state index in [-0.39, 0.29) is 18.4 Å². The second-order valence-corrected chi connectivity index (χ2v) is 6.48.